The van der Waals surface area contributed by atoms with Gasteiger partial charge in [-0.1, -0.05) is 12.1 Å². The lowest BCUT2D eigenvalue weighted by Crippen LogP contribution is -2.32. The molecule has 4 nitrogen and oxygen atoms in total. The molecular weight excluding hydrogens is 316 g/mol. The summed E-state index contributed by atoms with van der Waals surface area (Å²) in [5, 5.41) is 7.99. The summed E-state index contributed by atoms with van der Waals surface area (Å²) >= 11 is 3.63. The SMILES string of the molecule is Cn1ccc(CN[C@@H]2CCN(c3ccccc3Br)C2)n1. The van der Waals surface area contributed by atoms with Crippen molar-refractivity contribution in [3.8, 4) is 0 Å². The van der Waals surface area contributed by atoms with Crippen molar-refractivity contribution in [1.29, 1.82) is 0 Å². The lowest BCUT2D eigenvalue weighted by atomic mass is 10.2. The number of halogens is 1. The number of aromatic nitrogens is 2. The Morgan fingerprint density at radius 1 is 1.35 bits per heavy atom. The number of anilines is 1. The van der Waals surface area contributed by atoms with Crippen molar-refractivity contribution >= 4 is 21.6 Å². The van der Waals surface area contributed by atoms with Crippen LogP contribution in [-0.2, 0) is 13.6 Å². The molecule has 1 aromatic heterocycles. The van der Waals surface area contributed by atoms with Gasteiger partial charge in [-0.05, 0) is 40.5 Å². The van der Waals surface area contributed by atoms with Gasteiger partial charge >= 0.3 is 0 Å². The fraction of sp³-hybridized carbons (Fsp3) is 0.400. The second-order valence-electron chi connectivity index (χ2n) is 5.24. The van der Waals surface area contributed by atoms with Crippen molar-refractivity contribution in [2.75, 3.05) is 18.0 Å². The van der Waals surface area contributed by atoms with E-state index in [0.717, 1.165) is 25.3 Å². The molecule has 20 heavy (non-hydrogen) atoms. The lowest BCUT2D eigenvalue weighted by Gasteiger charge is -2.20. The molecule has 5 heteroatoms. The molecule has 0 bridgehead atoms. The van der Waals surface area contributed by atoms with Gasteiger partial charge in [0.15, 0.2) is 0 Å². The number of benzene rings is 1. The highest BCUT2D eigenvalue weighted by Gasteiger charge is 2.23. The van der Waals surface area contributed by atoms with Crippen molar-refractivity contribution in [1.82, 2.24) is 15.1 Å². The third kappa shape index (κ3) is 3.04. The average molecular weight is 335 g/mol. The quantitative estimate of drug-likeness (QED) is 0.932. The van der Waals surface area contributed by atoms with E-state index < -0.39 is 0 Å². The number of aryl methyl sites for hydroxylation is 1. The third-order valence-electron chi connectivity index (χ3n) is 3.72. The minimum Gasteiger partial charge on any atom is -0.369 e. The molecule has 3 rings (SSSR count). The van der Waals surface area contributed by atoms with Gasteiger partial charge < -0.3 is 10.2 Å². The highest BCUT2D eigenvalue weighted by molar-refractivity contribution is 9.10. The van der Waals surface area contributed by atoms with Gasteiger partial charge in [0.1, 0.15) is 0 Å². The van der Waals surface area contributed by atoms with Crippen LogP contribution >= 0.6 is 15.9 Å². The molecule has 1 fully saturated rings. The molecule has 1 aromatic carbocycles. The van der Waals surface area contributed by atoms with Crippen LogP contribution in [0.5, 0.6) is 0 Å². The molecule has 0 aliphatic carbocycles. The van der Waals surface area contributed by atoms with Crippen LogP contribution in [0, 0.1) is 0 Å². The summed E-state index contributed by atoms with van der Waals surface area (Å²) in [6.07, 6.45) is 3.16. The molecule has 106 valence electrons. The van der Waals surface area contributed by atoms with Crippen molar-refractivity contribution < 1.29 is 0 Å². The maximum Gasteiger partial charge on any atom is 0.0762 e. The summed E-state index contributed by atoms with van der Waals surface area (Å²) in [5.41, 5.74) is 2.39. The molecule has 1 aliphatic heterocycles. The van der Waals surface area contributed by atoms with Crippen molar-refractivity contribution in [2.24, 2.45) is 7.05 Å². The summed E-state index contributed by atoms with van der Waals surface area (Å²) in [7, 11) is 1.95. The Hall–Kier alpha value is -1.33. The fourth-order valence-corrected chi connectivity index (χ4v) is 3.20. The maximum absolute atomic E-state index is 4.40. The number of hydrogen-bond donors (Lipinski definition) is 1. The van der Waals surface area contributed by atoms with Crippen LogP contribution in [0.15, 0.2) is 41.0 Å². The molecule has 1 N–H and O–H groups in total. The van der Waals surface area contributed by atoms with Gasteiger partial charge in [0.2, 0.25) is 0 Å². The van der Waals surface area contributed by atoms with E-state index in [0.29, 0.717) is 6.04 Å². The van der Waals surface area contributed by atoms with Crippen LogP contribution in [-0.4, -0.2) is 28.9 Å². The van der Waals surface area contributed by atoms with Crippen molar-refractivity contribution in [2.45, 2.75) is 19.0 Å². The highest BCUT2D eigenvalue weighted by Crippen LogP contribution is 2.28. The van der Waals surface area contributed by atoms with Crippen LogP contribution in [0.3, 0.4) is 0 Å². The van der Waals surface area contributed by atoms with Crippen LogP contribution in [0.25, 0.3) is 0 Å². The van der Waals surface area contributed by atoms with E-state index in [2.05, 4.69) is 61.6 Å². The Morgan fingerprint density at radius 2 is 2.20 bits per heavy atom. The van der Waals surface area contributed by atoms with Gasteiger partial charge in [0, 0.05) is 43.4 Å². The maximum atomic E-state index is 4.40. The van der Waals surface area contributed by atoms with Gasteiger partial charge in [-0.2, -0.15) is 5.10 Å². The van der Waals surface area contributed by atoms with Crippen LogP contribution in [0.2, 0.25) is 0 Å². The monoisotopic (exact) mass is 334 g/mol. The topological polar surface area (TPSA) is 33.1 Å². The first-order chi connectivity index (χ1) is 9.72. The van der Waals surface area contributed by atoms with Gasteiger partial charge in [-0.25, -0.2) is 0 Å². The van der Waals surface area contributed by atoms with Crippen LogP contribution in [0.4, 0.5) is 5.69 Å². The molecule has 0 unspecified atom stereocenters. The van der Waals surface area contributed by atoms with E-state index in [9.17, 15) is 0 Å². The predicted octanol–water partition coefficient (Wildman–Crippen LogP) is 2.55. The summed E-state index contributed by atoms with van der Waals surface area (Å²) in [4.78, 5) is 2.43. The van der Waals surface area contributed by atoms with Crippen LogP contribution < -0.4 is 10.2 Å². The molecule has 0 spiro atoms. The van der Waals surface area contributed by atoms with Crippen molar-refractivity contribution in [3.05, 3.63) is 46.7 Å². The number of nitrogens with zero attached hydrogens (tertiary/aromatic N) is 3. The summed E-state index contributed by atoms with van der Waals surface area (Å²) in [6, 6.07) is 11.0. The Bertz CT molecular complexity index is 581. The van der Waals surface area contributed by atoms with E-state index in [1.54, 1.807) is 0 Å². The zero-order chi connectivity index (χ0) is 13.9. The van der Waals surface area contributed by atoms with Crippen LogP contribution in [0.1, 0.15) is 12.1 Å². The second-order valence-corrected chi connectivity index (χ2v) is 6.10. The Balaban J connectivity index is 1.56. The first-order valence-electron chi connectivity index (χ1n) is 6.94. The van der Waals surface area contributed by atoms with Gasteiger partial charge in [0.25, 0.3) is 0 Å². The molecule has 2 heterocycles. The summed E-state index contributed by atoms with van der Waals surface area (Å²) in [6.45, 7) is 2.99. The molecule has 1 atom stereocenters. The number of para-hydroxylation sites is 1. The zero-order valence-electron chi connectivity index (χ0n) is 11.6. The smallest absolute Gasteiger partial charge is 0.0762 e. The third-order valence-corrected chi connectivity index (χ3v) is 4.39. The highest BCUT2D eigenvalue weighted by atomic mass is 79.9. The minimum absolute atomic E-state index is 0.532. The van der Waals surface area contributed by atoms with E-state index in [1.165, 1.54) is 16.6 Å². The van der Waals surface area contributed by atoms with E-state index in [4.69, 9.17) is 0 Å². The standard InChI is InChI=1S/C15H19BrN4/c1-19-8-6-12(18-19)10-17-13-7-9-20(11-13)15-5-3-2-4-14(15)16/h2-6,8,13,17H,7,9-11H2,1H3/t13-/m1/s1. The molecule has 1 saturated heterocycles. The summed E-state index contributed by atoms with van der Waals surface area (Å²) < 4.78 is 3.02. The normalized spacial score (nSPS) is 18.7. The van der Waals surface area contributed by atoms with E-state index in [1.807, 2.05) is 17.9 Å². The average Bonchev–Trinajstić information content (AvgIpc) is 3.06. The summed E-state index contributed by atoms with van der Waals surface area (Å²) in [5.74, 6) is 0. The first kappa shape index (κ1) is 13.6. The molecule has 0 saturated carbocycles. The number of rotatable bonds is 4. The first-order valence-corrected chi connectivity index (χ1v) is 7.73. The van der Waals surface area contributed by atoms with Gasteiger partial charge in [0.05, 0.1) is 11.4 Å². The molecule has 2 aromatic rings. The Morgan fingerprint density at radius 3 is 2.95 bits per heavy atom. The van der Waals surface area contributed by atoms with Gasteiger partial charge in [-0.15, -0.1) is 0 Å². The van der Waals surface area contributed by atoms with Gasteiger partial charge in [-0.3, -0.25) is 4.68 Å². The zero-order valence-corrected chi connectivity index (χ0v) is 13.2. The van der Waals surface area contributed by atoms with Crippen molar-refractivity contribution in [3.63, 3.8) is 0 Å². The Labute approximate surface area is 127 Å². The molecule has 0 radical (unpaired) electrons. The second kappa shape index (κ2) is 5.97. The number of hydrogen-bond acceptors (Lipinski definition) is 3. The minimum atomic E-state index is 0.532. The fourth-order valence-electron chi connectivity index (χ4n) is 2.66. The molecular formula is C15H19BrN4. The van der Waals surface area contributed by atoms with E-state index in [-0.39, 0.29) is 0 Å². The predicted molar refractivity (Wildman–Crippen MR) is 84.8 cm³/mol. The largest absolute Gasteiger partial charge is 0.369 e. The molecule has 1 aliphatic rings. The Kier molecular flexibility index (Phi) is 4.08. The number of nitrogens with one attached hydrogen (secondary N) is 1. The molecule has 0 amide bonds. The van der Waals surface area contributed by atoms with E-state index >= 15 is 0 Å². The lowest BCUT2D eigenvalue weighted by molar-refractivity contribution is 0.541.